The van der Waals surface area contributed by atoms with Crippen LogP contribution in [0.15, 0.2) is 47.4 Å². The first-order chi connectivity index (χ1) is 13.9. The van der Waals surface area contributed by atoms with Crippen LogP contribution in [0, 0.1) is 0 Å². The quantitative estimate of drug-likeness (QED) is 0.663. The van der Waals surface area contributed by atoms with Gasteiger partial charge >= 0.3 is 5.97 Å². The summed E-state index contributed by atoms with van der Waals surface area (Å²) >= 11 is 1.13. The standard InChI is InChI=1S/C21H21NO6S/c1-27-15-8-7-13(11-16(15)28-2)9-10-22-19(23)12-18(20(22)24)29-17-6-4-3-5-14(17)21(25)26/h3-8,11,18H,9-10,12H2,1-2H3,(H,25,26)/t18-/m0/s1. The molecule has 0 spiro atoms. The normalized spacial score (nSPS) is 16.2. The monoisotopic (exact) mass is 415 g/mol. The number of imide groups is 1. The van der Waals surface area contributed by atoms with Crippen molar-refractivity contribution in [3.05, 3.63) is 53.6 Å². The van der Waals surface area contributed by atoms with Gasteiger partial charge in [-0.25, -0.2) is 4.79 Å². The molecule has 0 aliphatic carbocycles. The summed E-state index contributed by atoms with van der Waals surface area (Å²) in [6.07, 6.45) is 0.546. The summed E-state index contributed by atoms with van der Waals surface area (Å²) in [6.45, 7) is 0.255. The topological polar surface area (TPSA) is 93.1 Å². The third kappa shape index (κ3) is 4.54. The van der Waals surface area contributed by atoms with Gasteiger partial charge in [0.1, 0.15) is 0 Å². The van der Waals surface area contributed by atoms with Gasteiger partial charge in [-0.3, -0.25) is 14.5 Å². The molecule has 1 saturated heterocycles. The highest BCUT2D eigenvalue weighted by Gasteiger charge is 2.39. The maximum Gasteiger partial charge on any atom is 0.336 e. The molecule has 29 heavy (non-hydrogen) atoms. The number of aromatic carboxylic acids is 1. The van der Waals surface area contributed by atoms with E-state index in [1.54, 1.807) is 38.5 Å². The number of carbonyl (C=O) groups excluding carboxylic acids is 2. The minimum Gasteiger partial charge on any atom is -0.493 e. The summed E-state index contributed by atoms with van der Waals surface area (Å²) in [7, 11) is 3.10. The first kappa shape index (κ1) is 20.7. The van der Waals surface area contributed by atoms with Gasteiger partial charge in [-0.15, -0.1) is 11.8 Å². The van der Waals surface area contributed by atoms with Gasteiger partial charge in [-0.1, -0.05) is 18.2 Å². The third-order valence-corrected chi connectivity index (χ3v) is 5.92. The summed E-state index contributed by atoms with van der Waals surface area (Å²) in [5.41, 5.74) is 1.04. The minimum atomic E-state index is -1.06. The van der Waals surface area contributed by atoms with Gasteiger partial charge in [0.25, 0.3) is 0 Å². The first-order valence-corrected chi connectivity index (χ1v) is 9.86. The summed E-state index contributed by atoms with van der Waals surface area (Å²) in [4.78, 5) is 38.2. The summed E-state index contributed by atoms with van der Waals surface area (Å²) in [5.74, 6) is -0.405. The molecule has 0 unspecified atom stereocenters. The number of likely N-dealkylation sites (tertiary alicyclic amines) is 1. The zero-order valence-corrected chi connectivity index (χ0v) is 16.9. The molecule has 1 aliphatic heterocycles. The Labute approximate surface area is 172 Å². The van der Waals surface area contributed by atoms with E-state index >= 15 is 0 Å². The van der Waals surface area contributed by atoms with Gasteiger partial charge in [-0.05, 0) is 36.2 Å². The average molecular weight is 415 g/mol. The molecule has 8 heteroatoms. The van der Waals surface area contributed by atoms with Crippen LogP contribution >= 0.6 is 11.8 Å². The van der Waals surface area contributed by atoms with Crippen molar-refractivity contribution in [1.82, 2.24) is 4.90 Å². The number of benzene rings is 2. The molecule has 1 atom stereocenters. The molecule has 1 aliphatic rings. The first-order valence-electron chi connectivity index (χ1n) is 8.98. The zero-order chi connectivity index (χ0) is 21.0. The van der Waals surface area contributed by atoms with Crippen molar-refractivity contribution in [2.75, 3.05) is 20.8 Å². The van der Waals surface area contributed by atoms with Crippen molar-refractivity contribution in [2.24, 2.45) is 0 Å². The number of rotatable bonds is 8. The van der Waals surface area contributed by atoms with E-state index in [4.69, 9.17) is 9.47 Å². The van der Waals surface area contributed by atoms with Crippen LogP contribution in [0.25, 0.3) is 0 Å². The molecule has 0 aromatic heterocycles. The maximum atomic E-state index is 12.7. The highest BCUT2D eigenvalue weighted by Crippen LogP contribution is 2.34. The lowest BCUT2D eigenvalue weighted by Crippen LogP contribution is -2.33. The van der Waals surface area contributed by atoms with Crippen LogP contribution in [0.5, 0.6) is 11.5 Å². The minimum absolute atomic E-state index is 0.0589. The second kappa shape index (κ2) is 9.00. The molecule has 2 aromatic carbocycles. The number of nitrogens with zero attached hydrogens (tertiary/aromatic N) is 1. The zero-order valence-electron chi connectivity index (χ0n) is 16.1. The second-order valence-electron chi connectivity index (χ2n) is 6.43. The SMILES string of the molecule is COc1ccc(CCN2C(=O)C[C@H](Sc3ccccc3C(=O)O)C2=O)cc1OC. The number of amides is 2. The van der Waals surface area contributed by atoms with Gasteiger partial charge in [0.2, 0.25) is 11.8 Å². The predicted octanol–water partition coefficient (Wildman–Crippen LogP) is 2.86. The molecule has 1 fully saturated rings. The van der Waals surface area contributed by atoms with Gasteiger partial charge in [0.15, 0.2) is 11.5 Å². The fraction of sp³-hybridized carbons (Fsp3) is 0.286. The largest absolute Gasteiger partial charge is 0.493 e. The molecule has 1 N–H and O–H groups in total. The summed E-state index contributed by atoms with van der Waals surface area (Å²) < 4.78 is 10.5. The van der Waals surface area contributed by atoms with Crippen LogP contribution in [0.4, 0.5) is 0 Å². The molecule has 3 rings (SSSR count). The van der Waals surface area contributed by atoms with E-state index in [9.17, 15) is 19.5 Å². The van der Waals surface area contributed by atoms with Crippen molar-refractivity contribution in [1.29, 1.82) is 0 Å². The number of carbonyl (C=O) groups is 3. The average Bonchev–Trinajstić information content (AvgIpc) is 2.99. The van der Waals surface area contributed by atoms with Crippen LogP contribution in [0.3, 0.4) is 0 Å². The Kier molecular flexibility index (Phi) is 6.43. The lowest BCUT2D eigenvalue weighted by molar-refractivity contribution is -0.138. The highest BCUT2D eigenvalue weighted by atomic mass is 32.2. The second-order valence-corrected chi connectivity index (χ2v) is 7.68. The number of carboxylic acid groups (broad SMARTS) is 1. The molecule has 0 saturated carbocycles. The Morgan fingerprint density at radius 1 is 1.14 bits per heavy atom. The van der Waals surface area contributed by atoms with Crippen LogP contribution < -0.4 is 9.47 Å². The van der Waals surface area contributed by atoms with E-state index < -0.39 is 11.2 Å². The number of ether oxygens (including phenoxy) is 2. The highest BCUT2D eigenvalue weighted by molar-refractivity contribution is 8.00. The number of thioether (sulfide) groups is 1. The molecule has 0 radical (unpaired) electrons. The molecule has 152 valence electrons. The fourth-order valence-corrected chi connectivity index (χ4v) is 4.36. The maximum absolute atomic E-state index is 12.7. The third-order valence-electron chi connectivity index (χ3n) is 4.66. The smallest absolute Gasteiger partial charge is 0.336 e. The number of hydrogen-bond acceptors (Lipinski definition) is 6. The number of hydrogen-bond donors (Lipinski definition) is 1. The Hall–Kier alpha value is -3.00. The van der Waals surface area contributed by atoms with E-state index in [0.29, 0.717) is 22.8 Å². The van der Waals surface area contributed by atoms with Crippen molar-refractivity contribution in [3.8, 4) is 11.5 Å². The van der Waals surface area contributed by atoms with Gasteiger partial charge in [0.05, 0.1) is 25.0 Å². The van der Waals surface area contributed by atoms with Gasteiger partial charge in [-0.2, -0.15) is 0 Å². The lowest BCUT2D eigenvalue weighted by Gasteiger charge is -2.16. The van der Waals surface area contributed by atoms with E-state index in [-0.39, 0.29) is 30.3 Å². The van der Waals surface area contributed by atoms with Crippen LogP contribution in [-0.2, 0) is 16.0 Å². The summed E-state index contributed by atoms with van der Waals surface area (Å²) in [6, 6.07) is 11.9. The van der Waals surface area contributed by atoms with Crippen molar-refractivity contribution in [3.63, 3.8) is 0 Å². The Morgan fingerprint density at radius 3 is 2.55 bits per heavy atom. The molecule has 2 amide bonds. The Bertz CT molecular complexity index is 945. The molecule has 0 bridgehead atoms. The summed E-state index contributed by atoms with van der Waals surface area (Å²) in [5, 5.41) is 8.69. The molecule has 7 nitrogen and oxygen atoms in total. The Morgan fingerprint density at radius 2 is 1.86 bits per heavy atom. The fourth-order valence-electron chi connectivity index (χ4n) is 3.16. The number of methoxy groups -OCH3 is 2. The van der Waals surface area contributed by atoms with Gasteiger partial charge in [0, 0.05) is 17.9 Å². The van der Waals surface area contributed by atoms with Gasteiger partial charge < -0.3 is 14.6 Å². The Balaban J connectivity index is 1.68. The molecule has 2 aromatic rings. The van der Waals surface area contributed by atoms with Crippen LogP contribution in [0.2, 0.25) is 0 Å². The van der Waals surface area contributed by atoms with E-state index in [1.165, 1.54) is 11.0 Å². The van der Waals surface area contributed by atoms with Crippen LogP contribution in [0.1, 0.15) is 22.3 Å². The van der Waals surface area contributed by atoms with E-state index in [2.05, 4.69) is 0 Å². The lowest BCUT2D eigenvalue weighted by atomic mass is 10.1. The van der Waals surface area contributed by atoms with Crippen LogP contribution in [-0.4, -0.2) is 53.8 Å². The number of carboxylic acids is 1. The van der Waals surface area contributed by atoms with E-state index in [0.717, 1.165) is 17.3 Å². The van der Waals surface area contributed by atoms with Crippen molar-refractivity contribution >= 4 is 29.5 Å². The molecule has 1 heterocycles. The van der Waals surface area contributed by atoms with E-state index in [1.807, 2.05) is 12.1 Å². The van der Waals surface area contributed by atoms with Crippen molar-refractivity contribution in [2.45, 2.75) is 23.0 Å². The molecular weight excluding hydrogens is 394 g/mol. The molecular formula is C21H21NO6S. The van der Waals surface area contributed by atoms with Crippen molar-refractivity contribution < 1.29 is 29.0 Å². The predicted molar refractivity (Wildman–Crippen MR) is 108 cm³/mol.